The molecule has 0 spiro atoms. The van der Waals surface area contributed by atoms with E-state index in [9.17, 15) is 0 Å². The van der Waals surface area contributed by atoms with Crippen molar-refractivity contribution in [3.05, 3.63) is 132 Å². The predicted molar refractivity (Wildman–Crippen MR) is 141 cm³/mol. The average Bonchev–Trinajstić information content (AvgIpc) is 2.86. The van der Waals surface area contributed by atoms with Crippen LogP contribution in [0.25, 0.3) is 0 Å². The first-order chi connectivity index (χ1) is 16.1. The number of aliphatic imine (C=N–C) groups is 1. The first-order valence-electron chi connectivity index (χ1n) is 11.6. The molecule has 3 rings (SSSR count). The number of hydrogen-bond acceptors (Lipinski definition) is 2. The van der Waals surface area contributed by atoms with E-state index in [1.54, 1.807) is 0 Å². The maximum absolute atomic E-state index is 4.97. The summed E-state index contributed by atoms with van der Waals surface area (Å²) >= 11 is 0. The van der Waals surface area contributed by atoms with Gasteiger partial charge in [0.25, 0.3) is 0 Å². The van der Waals surface area contributed by atoms with Crippen molar-refractivity contribution in [3.63, 3.8) is 0 Å². The highest BCUT2D eigenvalue weighted by Crippen LogP contribution is 2.45. The first-order valence-corrected chi connectivity index (χ1v) is 11.6. The van der Waals surface area contributed by atoms with Crippen molar-refractivity contribution in [2.75, 3.05) is 20.6 Å². The summed E-state index contributed by atoms with van der Waals surface area (Å²) in [4.78, 5) is 9.33. The van der Waals surface area contributed by atoms with E-state index in [1.807, 2.05) is 25.2 Å². The van der Waals surface area contributed by atoms with Gasteiger partial charge in [-0.1, -0.05) is 104 Å². The van der Waals surface area contributed by atoms with Crippen molar-refractivity contribution < 1.29 is 0 Å². The molecule has 3 aromatic carbocycles. The van der Waals surface area contributed by atoms with Crippen molar-refractivity contribution in [2.45, 2.75) is 25.8 Å². The van der Waals surface area contributed by atoms with E-state index in [4.69, 9.17) is 4.99 Å². The van der Waals surface area contributed by atoms with Crippen molar-refractivity contribution >= 4 is 5.84 Å². The van der Waals surface area contributed by atoms with Gasteiger partial charge in [-0.05, 0) is 29.7 Å². The Balaban J connectivity index is 2.47. The number of rotatable bonds is 9. The third kappa shape index (κ3) is 5.09. The lowest BCUT2D eigenvalue weighted by Crippen LogP contribution is -2.50. The summed E-state index contributed by atoms with van der Waals surface area (Å²) in [5.74, 6) is 1.00. The lowest BCUT2D eigenvalue weighted by molar-refractivity contribution is 0.327. The van der Waals surface area contributed by atoms with Crippen LogP contribution in [-0.4, -0.2) is 36.3 Å². The quantitative estimate of drug-likeness (QED) is 0.161. The van der Waals surface area contributed by atoms with E-state index in [-0.39, 0.29) is 0 Å². The Bertz CT molecular complexity index is 971. The molecular formula is C30H35N3. The summed E-state index contributed by atoms with van der Waals surface area (Å²) in [6, 6.07) is 32.1. The molecule has 0 fully saturated rings. The minimum atomic E-state index is -0.637. The molecule has 0 saturated carbocycles. The summed E-state index contributed by atoms with van der Waals surface area (Å²) in [5.41, 5.74) is 3.74. The second-order valence-electron chi connectivity index (χ2n) is 8.16. The predicted octanol–water partition coefficient (Wildman–Crippen LogP) is 6.70. The SMILES string of the molecule is C=C(/C=C\N(C)C)N(C(CC)=NCC)C(c1ccccc1)(c1ccccc1)c1ccccc1. The van der Waals surface area contributed by atoms with Gasteiger partial charge in [0.05, 0.1) is 0 Å². The van der Waals surface area contributed by atoms with E-state index >= 15 is 0 Å². The van der Waals surface area contributed by atoms with E-state index in [0.29, 0.717) is 6.54 Å². The fourth-order valence-corrected chi connectivity index (χ4v) is 4.33. The molecule has 0 aliphatic rings. The Kier molecular flexibility index (Phi) is 8.26. The molecule has 0 radical (unpaired) electrons. The van der Waals surface area contributed by atoms with Gasteiger partial charge in [-0.25, -0.2) is 0 Å². The van der Waals surface area contributed by atoms with Crippen LogP contribution in [0.3, 0.4) is 0 Å². The van der Waals surface area contributed by atoms with Crippen LogP contribution in [0.1, 0.15) is 37.0 Å². The smallest absolute Gasteiger partial charge is 0.122 e. The highest BCUT2D eigenvalue weighted by atomic mass is 15.3. The van der Waals surface area contributed by atoms with Gasteiger partial charge in [-0.15, -0.1) is 0 Å². The lowest BCUT2D eigenvalue weighted by atomic mass is 9.75. The fourth-order valence-electron chi connectivity index (χ4n) is 4.33. The molecule has 3 nitrogen and oxygen atoms in total. The minimum absolute atomic E-state index is 0.637. The average molecular weight is 438 g/mol. The first kappa shape index (κ1) is 24.1. The Morgan fingerprint density at radius 3 is 1.55 bits per heavy atom. The number of benzene rings is 3. The lowest BCUT2D eigenvalue weighted by Gasteiger charge is -2.47. The van der Waals surface area contributed by atoms with Gasteiger partial charge >= 0.3 is 0 Å². The van der Waals surface area contributed by atoms with E-state index in [2.05, 4.69) is 122 Å². The van der Waals surface area contributed by atoms with Gasteiger partial charge < -0.3 is 9.80 Å². The molecule has 0 amide bonds. The number of nitrogens with zero attached hydrogens (tertiary/aromatic N) is 3. The van der Waals surface area contributed by atoms with Crippen LogP contribution in [0.15, 0.2) is 121 Å². The zero-order chi connectivity index (χ0) is 23.7. The maximum atomic E-state index is 4.97. The van der Waals surface area contributed by atoms with Crippen LogP contribution < -0.4 is 0 Å². The van der Waals surface area contributed by atoms with Gasteiger partial charge in [0, 0.05) is 39.0 Å². The molecule has 0 aliphatic heterocycles. The largest absolute Gasteiger partial charge is 0.383 e. The van der Waals surface area contributed by atoms with Crippen LogP contribution >= 0.6 is 0 Å². The fraction of sp³-hybridized carbons (Fsp3) is 0.233. The molecule has 0 saturated heterocycles. The number of allylic oxidation sites excluding steroid dienone is 1. The van der Waals surface area contributed by atoms with Gasteiger partial charge in [-0.2, -0.15) is 0 Å². The molecule has 3 aromatic rings. The minimum Gasteiger partial charge on any atom is -0.383 e. The van der Waals surface area contributed by atoms with Crippen molar-refractivity contribution in [1.82, 2.24) is 9.80 Å². The maximum Gasteiger partial charge on any atom is 0.122 e. The number of amidine groups is 1. The van der Waals surface area contributed by atoms with Crippen molar-refractivity contribution in [3.8, 4) is 0 Å². The molecular weight excluding hydrogens is 402 g/mol. The van der Waals surface area contributed by atoms with Crippen molar-refractivity contribution in [2.24, 2.45) is 4.99 Å². The van der Waals surface area contributed by atoms with Gasteiger partial charge in [0.15, 0.2) is 0 Å². The Morgan fingerprint density at radius 1 is 0.788 bits per heavy atom. The van der Waals surface area contributed by atoms with E-state index < -0.39 is 5.54 Å². The summed E-state index contributed by atoms with van der Waals surface area (Å²) in [6.45, 7) is 9.51. The van der Waals surface area contributed by atoms with Crippen LogP contribution in [0.2, 0.25) is 0 Å². The van der Waals surface area contributed by atoms with E-state index in [1.165, 1.54) is 16.7 Å². The summed E-state index contributed by atoms with van der Waals surface area (Å²) < 4.78 is 0. The highest BCUT2D eigenvalue weighted by Gasteiger charge is 2.44. The third-order valence-corrected chi connectivity index (χ3v) is 5.68. The van der Waals surface area contributed by atoms with Crippen LogP contribution in [0, 0.1) is 0 Å². The topological polar surface area (TPSA) is 18.8 Å². The monoisotopic (exact) mass is 437 g/mol. The molecule has 0 bridgehead atoms. The molecule has 0 N–H and O–H groups in total. The molecule has 0 heterocycles. The Morgan fingerprint density at radius 2 is 1.21 bits per heavy atom. The molecule has 0 unspecified atom stereocenters. The summed E-state index contributed by atoms with van der Waals surface area (Å²) in [7, 11) is 4.04. The third-order valence-electron chi connectivity index (χ3n) is 5.68. The van der Waals surface area contributed by atoms with Crippen molar-refractivity contribution in [1.29, 1.82) is 0 Å². The van der Waals surface area contributed by atoms with Crippen LogP contribution in [0.5, 0.6) is 0 Å². The standard InChI is InChI=1S/C30H35N3/c1-6-29(31-7-2)33(25(3)23-24-32(4)5)30(26-17-11-8-12-18-26,27-19-13-9-14-20-27)28-21-15-10-16-22-28/h8-24H,3,6-7H2,1-2,4-5H3/b24-23-,31-29?. The van der Waals surface area contributed by atoms with Crippen LogP contribution in [0.4, 0.5) is 0 Å². The molecule has 0 atom stereocenters. The second-order valence-corrected chi connectivity index (χ2v) is 8.16. The molecule has 170 valence electrons. The normalized spacial score (nSPS) is 12.1. The highest BCUT2D eigenvalue weighted by molar-refractivity contribution is 5.86. The number of hydrogen-bond donors (Lipinski definition) is 0. The van der Waals surface area contributed by atoms with Gasteiger partial charge in [-0.3, -0.25) is 4.99 Å². The summed E-state index contributed by atoms with van der Waals surface area (Å²) in [6.07, 6.45) is 4.90. The Labute approximate surface area is 199 Å². The molecule has 3 heteroatoms. The van der Waals surface area contributed by atoms with Gasteiger partial charge in [0.2, 0.25) is 0 Å². The zero-order valence-electron chi connectivity index (χ0n) is 20.3. The molecule has 0 aromatic heterocycles. The molecule has 0 aliphatic carbocycles. The van der Waals surface area contributed by atoms with Gasteiger partial charge in [0.1, 0.15) is 11.4 Å². The van der Waals surface area contributed by atoms with Crippen LogP contribution in [-0.2, 0) is 5.54 Å². The Hall–Kier alpha value is -3.59. The zero-order valence-corrected chi connectivity index (χ0v) is 20.3. The van der Waals surface area contributed by atoms with E-state index in [0.717, 1.165) is 18.0 Å². The second kappa shape index (κ2) is 11.3. The summed E-state index contributed by atoms with van der Waals surface area (Å²) in [5, 5.41) is 0. The molecule has 33 heavy (non-hydrogen) atoms.